The third-order valence-electron chi connectivity index (χ3n) is 4.71. The maximum absolute atomic E-state index is 4.84. The lowest BCUT2D eigenvalue weighted by atomic mass is 10.2. The molecular weight excluding hydrogens is 450 g/mol. The first kappa shape index (κ1) is 21.0. The molecule has 0 N–H and O–H groups in total. The largest absolute Gasteiger partial charge is 0.265 e. The highest BCUT2D eigenvalue weighted by atomic mass is 32.2. The van der Waals surface area contributed by atoms with Gasteiger partial charge in [-0.25, -0.2) is 4.68 Å². The second-order valence-corrected chi connectivity index (χ2v) is 8.82. The van der Waals surface area contributed by atoms with E-state index in [9.17, 15) is 0 Å². The smallest absolute Gasteiger partial charge is 0.212 e. The molecule has 0 spiro atoms. The van der Waals surface area contributed by atoms with Crippen molar-refractivity contribution in [2.45, 2.75) is 5.16 Å². The van der Waals surface area contributed by atoms with Crippen LogP contribution in [0, 0.1) is 0 Å². The summed E-state index contributed by atoms with van der Waals surface area (Å²) < 4.78 is 3.63. The van der Waals surface area contributed by atoms with Crippen LogP contribution in [0.2, 0.25) is 0 Å². The van der Waals surface area contributed by atoms with Crippen LogP contribution >= 0.6 is 23.1 Å². The Balaban J connectivity index is 1.58. The molecule has 0 saturated carbocycles. The Bertz CT molecular complexity index is 1370. The predicted molar refractivity (Wildman–Crippen MR) is 134 cm³/mol. The number of thioether (sulfide) groups is 1. The van der Waals surface area contributed by atoms with E-state index in [4.69, 9.17) is 10.2 Å². The minimum Gasteiger partial charge on any atom is -0.265 e. The highest BCUT2D eigenvalue weighted by Crippen LogP contribution is 2.28. The molecule has 0 aliphatic carbocycles. The van der Waals surface area contributed by atoms with E-state index in [-0.39, 0.29) is 0 Å². The standard InChI is InChI=1S/C24H19N7S2/c1-2-14-33-24-28-27-23(18-10-12-25-13-11-18)31(24)26-16-19-17-30(20-7-4-3-5-8-20)29-22(19)21-9-6-15-32-21/h2-13,15-17H,1,14H2/b26-16-. The van der Waals surface area contributed by atoms with E-state index in [0.717, 1.165) is 27.4 Å². The van der Waals surface area contributed by atoms with Crippen molar-refractivity contribution in [3.05, 3.63) is 96.8 Å². The summed E-state index contributed by atoms with van der Waals surface area (Å²) in [6.45, 7) is 3.80. The van der Waals surface area contributed by atoms with Gasteiger partial charge in [0.05, 0.1) is 16.8 Å². The molecule has 0 aliphatic heterocycles. The zero-order valence-electron chi connectivity index (χ0n) is 17.5. The molecule has 0 radical (unpaired) electrons. The summed E-state index contributed by atoms with van der Waals surface area (Å²) in [5.41, 5.74) is 3.64. The molecule has 9 heteroatoms. The molecule has 0 aliphatic rings. The van der Waals surface area contributed by atoms with E-state index >= 15 is 0 Å². The molecule has 4 aromatic heterocycles. The minimum absolute atomic E-state index is 0.647. The van der Waals surface area contributed by atoms with Gasteiger partial charge in [0.25, 0.3) is 0 Å². The lowest BCUT2D eigenvalue weighted by molar-refractivity contribution is 0.773. The molecule has 0 amide bonds. The van der Waals surface area contributed by atoms with Crippen LogP contribution in [0.4, 0.5) is 0 Å². The van der Waals surface area contributed by atoms with Crippen LogP contribution in [0.15, 0.2) is 101 Å². The van der Waals surface area contributed by atoms with Gasteiger partial charge in [0.2, 0.25) is 5.16 Å². The van der Waals surface area contributed by atoms with E-state index in [1.165, 1.54) is 11.8 Å². The second kappa shape index (κ2) is 9.76. The Morgan fingerprint density at radius 1 is 1.03 bits per heavy atom. The Kier molecular flexibility index (Phi) is 6.23. The SMILES string of the molecule is C=CCSc1nnc(-c2ccncc2)n1/N=C\c1cn(-c2ccccc2)nc1-c1cccs1. The summed E-state index contributed by atoms with van der Waals surface area (Å²) in [5, 5.41) is 21.1. The van der Waals surface area contributed by atoms with E-state index in [1.807, 2.05) is 77.1 Å². The summed E-state index contributed by atoms with van der Waals surface area (Å²) in [4.78, 5) is 5.17. The van der Waals surface area contributed by atoms with Crippen molar-refractivity contribution in [2.75, 3.05) is 5.75 Å². The minimum atomic E-state index is 0.647. The van der Waals surface area contributed by atoms with Gasteiger partial charge in [-0.1, -0.05) is 42.1 Å². The Morgan fingerprint density at radius 3 is 2.64 bits per heavy atom. The first-order chi connectivity index (χ1) is 16.3. The van der Waals surface area contributed by atoms with Crippen molar-refractivity contribution in [2.24, 2.45) is 5.10 Å². The van der Waals surface area contributed by atoms with Crippen molar-refractivity contribution >= 4 is 29.3 Å². The molecule has 5 rings (SSSR count). The summed E-state index contributed by atoms with van der Waals surface area (Å²) in [7, 11) is 0. The summed E-state index contributed by atoms with van der Waals surface area (Å²) >= 11 is 3.17. The van der Waals surface area contributed by atoms with Gasteiger partial charge in [-0.3, -0.25) is 4.98 Å². The number of pyridine rings is 1. The van der Waals surface area contributed by atoms with Gasteiger partial charge in [0, 0.05) is 35.5 Å². The van der Waals surface area contributed by atoms with Gasteiger partial charge in [-0.15, -0.1) is 28.1 Å². The van der Waals surface area contributed by atoms with Crippen molar-refractivity contribution in [3.8, 4) is 27.6 Å². The number of thiophene rings is 1. The van der Waals surface area contributed by atoms with Crippen molar-refractivity contribution in [3.63, 3.8) is 0 Å². The predicted octanol–water partition coefficient (Wildman–Crippen LogP) is 5.41. The van der Waals surface area contributed by atoms with Crippen LogP contribution in [0.5, 0.6) is 0 Å². The van der Waals surface area contributed by atoms with Gasteiger partial charge in [-0.05, 0) is 35.7 Å². The first-order valence-electron chi connectivity index (χ1n) is 10.2. The van der Waals surface area contributed by atoms with Crippen LogP contribution in [0.25, 0.3) is 27.6 Å². The van der Waals surface area contributed by atoms with Crippen LogP contribution < -0.4 is 0 Å². The number of hydrogen-bond acceptors (Lipinski definition) is 7. The normalized spacial score (nSPS) is 11.3. The highest BCUT2D eigenvalue weighted by molar-refractivity contribution is 7.99. The number of hydrogen-bond donors (Lipinski definition) is 0. The topological polar surface area (TPSA) is 73.8 Å². The van der Waals surface area contributed by atoms with Crippen LogP contribution in [0.1, 0.15) is 5.56 Å². The molecule has 0 fully saturated rings. The molecular formula is C24H19N7S2. The van der Waals surface area contributed by atoms with Crippen molar-refractivity contribution in [1.29, 1.82) is 0 Å². The molecule has 7 nitrogen and oxygen atoms in total. The molecule has 1 aromatic carbocycles. The molecule has 162 valence electrons. The Labute approximate surface area is 199 Å². The maximum atomic E-state index is 4.84. The van der Waals surface area contributed by atoms with Crippen LogP contribution in [-0.2, 0) is 0 Å². The van der Waals surface area contributed by atoms with Gasteiger partial charge >= 0.3 is 0 Å². The van der Waals surface area contributed by atoms with Crippen LogP contribution in [-0.4, -0.2) is 41.6 Å². The van der Waals surface area contributed by atoms with Gasteiger partial charge in [-0.2, -0.15) is 14.9 Å². The van der Waals surface area contributed by atoms with Crippen LogP contribution in [0.3, 0.4) is 0 Å². The molecule has 0 saturated heterocycles. The number of nitrogens with zero attached hydrogens (tertiary/aromatic N) is 7. The van der Waals surface area contributed by atoms with Crippen molar-refractivity contribution in [1.82, 2.24) is 29.6 Å². The average Bonchev–Trinajstić information content (AvgIpc) is 3.62. The van der Waals surface area contributed by atoms with E-state index < -0.39 is 0 Å². The zero-order valence-corrected chi connectivity index (χ0v) is 19.2. The Morgan fingerprint density at radius 2 is 1.88 bits per heavy atom. The fraction of sp³-hybridized carbons (Fsp3) is 0.0417. The Hall–Kier alpha value is -3.82. The quantitative estimate of drug-likeness (QED) is 0.172. The lowest BCUT2D eigenvalue weighted by Crippen LogP contribution is -1.97. The first-order valence-corrected chi connectivity index (χ1v) is 12.0. The van der Waals surface area contributed by atoms with Crippen molar-refractivity contribution < 1.29 is 0 Å². The summed E-state index contributed by atoms with van der Waals surface area (Å²) in [6, 6.07) is 17.9. The summed E-state index contributed by atoms with van der Waals surface area (Å²) in [6.07, 6.45) is 9.09. The molecule has 4 heterocycles. The highest BCUT2D eigenvalue weighted by Gasteiger charge is 2.15. The van der Waals surface area contributed by atoms with Gasteiger partial charge in [0.1, 0.15) is 5.69 Å². The number of benzene rings is 1. The third kappa shape index (κ3) is 4.55. The molecule has 33 heavy (non-hydrogen) atoms. The zero-order chi connectivity index (χ0) is 22.5. The maximum Gasteiger partial charge on any atom is 0.212 e. The number of rotatable bonds is 8. The van der Waals surface area contributed by atoms with Gasteiger partial charge in [0.15, 0.2) is 5.82 Å². The number of aromatic nitrogens is 6. The third-order valence-corrected chi connectivity index (χ3v) is 6.50. The fourth-order valence-electron chi connectivity index (χ4n) is 3.19. The lowest BCUT2D eigenvalue weighted by Gasteiger charge is -2.03. The summed E-state index contributed by atoms with van der Waals surface area (Å²) in [5.74, 6) is 1.35. The molecule has 5 aromatic rings. The molecule has 0 atom stereocenters. The number of para-hydroxylation sites is 1. The fourth-order valence-corrected chi connectivity index (χ4v) is 4.55. The average molecular weight is 470 g/mol. The van der Waals surface area contributed by atoms with E-state index in [0.29, 0.717) is 16.7 Å². The molecule has 0 unspecified atom stereocenters. The van der Waals surface area contributed by atoms with Gasteiger partial charge < -0.3 is 0 Å². The molecule has 0 bridgehead atoms. The monoisotopic (exact) mass is 469 g/mol. The van der Waals surface area contributed by atoms with E-state index in [1.54, 1.807) is 28.4 Å². The van der Waals surface area contributed by atoms with E-state index in [2.05, 4.69) is 27.8 Å². The second-order valence-electron chi connectivity index (χ2n) is 6.89.